The van der Waals surface area contributed by atoms with Crippen LogP contribution in [-0.4, -0.2) is 36.8 Å². The fraction of sp³-hybridized carbons (Fsp3) is 0.231. The van der Waals surface area contributed by atoms with Crippen LogP contribution in [0.3, 0.4) is 0 Å². The number of aromatic carboxylic acids is 1. The predicted molar refractivity (Wildman–Crippen MR) is 125 cm³/mol. The molecule has 0 radical (unpaired) electrons. The molecular formula is C26H25NO6. The number of carbonyl (C=O) groups is 2. The number of amides is 1. The van der Waals surface area contributed by atoms with Crippen LogP contribution in [0.4, 0.5) is 5.69 Å². The largest absolute Gasteiger partial charge is 0.493 e. The molecule has 1 amide bonds. The van der Waals surface area contributed by atoms with Gasteiger partial charge in [0, 0.05) is 12.1 Å². The van der Waals surface area contributed by atoms with Crippen LogP contribution in [0.25, 0.3) is 11.1 Å². The zero-order valence-electron chi connectivity index (χ0n) is 18.3. The fourth-order valence-corrected chi connectivity index (χ4v) is 3.53. The Morgan fingerprint density at radius 1 is 0.939 bits per heavy atom. The summed E-state index contributed by atoms with van der Waals surface area (Å²) in [6, 6.07) is 17.6. The number of hydrogen-bond acceptors (Lipinski definition) is 5. The highest BCUT2D eigenvalue weighted by atomic mass is 16.6. The number of carboxylic acids is 1. The van der Waals surface area contributed by atoms with Gasteiger partial charge in [0.25, 0.3) is 5.91 Å². The third-order valence-corrected chi connectivity index (χ3v) is 5.25. The third-order valence-electron chi connectivity index (χ3n) is 5.25. The molecule has 0 atom stereocenters. The van der Waals surface area contributed by atoms with E-state index in [9.17, 15) is 14.7 Å². The summed E-state index contributed by atoms with van der Waals surface area (Å²) in [4.78, 5) is 25.1. The number of nitrogens with one attached hydrogen (secondary N) is 1. The molecule has 3 aromatic rings. The van der Waals surface area contributed by atoms with Crippen molar-refractivity contribution in [2.75, 3.05) is 25.1 Å². The summed E-state index contributed by atoms with van der Waals surface area (Å²) in [5.41, 5.74) is 2.14. The normalized spacial score (nSPS) is 12.2. The summed E-state index contributed by atoms with van der Waals surface area (Å²) in [5.74, 6) is -0.300. The first-order valence-corrected chi connectivity index (χ1v) is 10.9. The van der Waals surface area contributed by atoms with Gasteiger partial charge in [0.1, 0.15) is 19.0 Å². The van der Waals surface area contributed by atoms with E-state index < -0.39 is 11.9 Å². The van der Waals surface area contributed by atoms with Crippen molar-refractivity contribution in [1.29, 1.82) is 0 Å². The molecule has 4 rings (SSSR count). The van der Waals surface area contributed by atoms with Gasteiger partial charge in [-0.25, -0.2) is 4.79 Å². The van der Waals surface area contributed by atoms with Gasteiger partial charge >= 0.3 is 5.97 Å². The SMILES string of the molecule is CCCCOc1cc2c(cc1C(=O)Nc1cc(-c3ccccc3)ccc1C(=O)O)OCCO2. The van der Waals surface area contributed by atoms with Crippen LogP contribution in [0.1, 0.15) is 40.5 Å². The lowest BCUT2D eigenvalue weighted by atomic mass is 10.0. The highest BCUT2D eigenvalue weighted by Crippen LogP contribution is 2.37. The smallest absolute Gasteiger partial charge is 0.337 e. The average Bonchev–Trinajstić information content (AvgIpc) is 2.84. The van der Waals surface area contributed by atoms with Gasteiger partial charge in [0.05, 0.1) is 23.4 Å². The number of unbranched alkanes of at least 4 members (excludes halogenated alkanes) is 1. The van der Waals surface area contributed by atoms with Gasteiger partial charge in [0.2, 0.25) is 0 Å². The maximum Gasteiger partial charge on any atom is 0.337 e. The first kappa shape index (κ1) is 22.2. The Morgan fingerprint density at radius 3 is 2.36 bits per heavy atom. The Morgan fingerprint density at radius 2 is 1.67 bits per heavy atom. The first-order chi connectivity index (χ1) is 16.1. The molecule has 0 spiro atoms. The number of anilines is 1. The van der Waals surface area contributed by atoms with E-state index in [1.807, 2.05) is 37.3 Å². The molecule has 0 saturated carbocycles. The molecule has 1 heterocycles. The maximum absolute atomic E-state index is 13.3. The number of carboxylic acid groups (broad SMARTS) is 1. The second-order valence-corrected chi connectivity index (χ2v) is 7.58. The Labute approximate surface area is 191 Å². The van der Waals surface area contributed by atoms with E-state index in [0.29, 0.717) is 37.1 Å². The van der Waals surface area contributed by atoms with Crippen LogP contribution in [-0.2, 0) is 0 Å². The molecule has 2 N–H and O–H groups in total. The zero-order chi connectivity index (χ0) is 23.2. The molecule has 3 aromatic carbocycles. The summed E-state index contributed by atoms with van der Waals surface area (Å²) in [5, 5.41) is 12.4. The lowest BCUT2D eigenvalue weighted by Gasteiger charge is -2.21. The van der Waals surface area contributed by atoms with Gasteiger partial charge in [-0.1, -0.05) is 49.7 Å². The maximum atomic E-state index is 13.3. The monoisotopic (exact) mass is 447 g/mol. The number of ether oxygens (including phenoxy) is 3. The van der Waals surface area contributed by atoms with E-state index >= 15 is 0 Å². The summed E-state index contributed by atoms with van der Waals surface area (Å²) >= 11 is 0. The Balaban J connectivity index is 1.69. The molecule has 0 aliphatic carbocycles. The molecule has 0 fully saturated rings. The topological polar surface area (TPSA) is 94.1 Å². The van der Waals surface area contributed by atoms with Crippen molar-refractivity contribution in [3.05, 3.63) is 71.8 Å². The first-order valence-electron chi connectivity index (χ1n) is 10.9. The van der Waals surface area contributed by atoms with Crippen LogP contribution >= 0.6 is 0 Å². The Hall–Kier alpha value is -4.00. The standard InChI is InChI=1S/C26H25NO6/c1-2-3-11-31-22-16-24-23(32-12-13-33-24)15-20(22)25(28)27-21-14-18(9-10-19(21)26(29)30)17-7-5-4-6-8-17/h4-10,14-16H,2-3,11-13H2,1H3,(H,27,28)(H,29,30). The number of rotatable bonds is 8. The minimum absolute atomic E-state index is 0.00553. The van der Waals surface area contributed by atoms with Crippen LogP contribution in [0, 0.1) is 0 Å². The van der Waals surface area contributed by atoms with Gasteiger partial charge in [-0.05, 0) is 29.7 Å². The molecular weight excluding hydrogens is 422 g/mol. The summed E-state index contributed by atoms with van der Waals surface area (Å²) in [6.45, 7) is 3.29. The Bertz CT molecular complexity index is 1160. The summed E-state index contributed by atoms with van der Waals surface area (Å²) < 4.78 is 17.1. The van der Waals surface area contributed by atoms with Crippen molar-refractivity contribution in [3.63, 3.8) is 0 Å². The quantitative estimate of drug-likeness (QED) is 0.458. The van der Waals surface area contributed by atoms with Gasteiger partial charge in [0.15, 0.2) is 11.5 Å². The molecule has 7 heteroatoms. The van der Waals surface area contributed by atoms with Gasteiger partial charge in [-0.2, -0.15) is 0 Å². The molecule has 0 unspecified atom stereocenters. The van der Waals surface area contributed by atoms with Gasteiger partial charge < -0.3 is 24.6 Å². The van der Waals surface area contributed by atoms with Gasteiger partial charge in [-0.15, -0.1) is 0 Å². The van der Waals surface area contributed by atoms with E-state index in [4.69, 9.17) is 14.2 Å². The molecule has 1 aliphatic rings. The minimum Gasteiger partial charge on any atom is -0.493 e. The highest BCUT2D eigenvalue weighted by molar-refractivity contribution is 6.10. The van der Waals surface area contributed by atoms with E-state index in [2.05, 4.69) is 5.32 Å². The van der Waals surface area contributed by atoms with Crippen molar-refractivity contribution in [2.24, 2.45) is 0 Å². The third kappa shape index (κ3) is 5.09. The lowest BCUT2D eigenvalue weighted by Crippen LogP contribution is -2.19. The molecule has 0 bridgehead atoms. The number of fused-ring (bicyclic) bond motifs is 1. The minimum atomic E-state index is -1.13. The molecule has 1 aliphatic heterocycles. The number of carbonyl (C=O) groups excluding carboxylic acids is 1. The average molecular weight is 447 g/mol. The van der Waals surface area contributed by atoms with Crippen molar-refractivity contribution in [1.82, 2.24) is 0 Å². The zero-order valence-corrected chi connectivity index (χ0v) is 18.3. The number of benzene rings is 3. The van der Waals surface area contributed by atoms with Crippen molar-refractivity contribution in [2.45, 2.75) is 19.8 Å². The second-order valence-electron chi connectivity index (χ2n) is 7.58. The van der Waals surface area contributed by atoms with E-state index in [1.165, 1.54) is 6.07 Å². The Kier molecular flexibility index (Phi) is 6.78. The van der Waals surface area contributed by atoms with Crippen molar-refractivity contribution in [3.8, 4) is 28.4 Å². The lowest BCUT2D eigenvalue weighted by molar-refractivity contribution is 0.0698. The van der Waals surface area contributed by atoms with Crippen LogP contribution in [0.5, 0.6) is 17.2 Å². The fourth-order valence-electron chi connectivity index (χ4n) is 3.53. The summed E-state index contributed by atoms with van der Waals surface area (Å²) in [7, 11) is 0. The van der Waals surface area contributed by atoms with Crippen LogP contribution < -0.4 is 19.5 Å². The molecule has 170 valence electrons. The second kappa shape index (κ2) is 10.1. The number of hydrogen-bond donors (Lipinski definition) is 2. The van der Waals surface area contributed by atoms with E-state index in [0.717, 1.165) is 24.0 Å². The molecule has 33 heavy (non-hydrogen) atoms. The van der Waals surface area contributed by atoms with Crippen molar-refractivity contribution >= 4 is 17.6 Å². The van der Waals surface area contributed by atoms with E-state index in [1.54, 1.807) is 24.3 Å². The highest BCUT2D eigenvalue weighted by Gasteiger charge is 2.23. The van der Waals surface area contributed by atoms with Crippen LogP contribution in [0.2, 0.25) is 0 Å². The predicted octanol–water partition coefficient (Wildman–Crippen LogP) is 5.25. The molecule has 0 saturated heterocycles. The molecule has 7 nitrogen and oxygen atoms in total. The van der Waals surface area contributed by atoms with Crippen molar-refractivity contribution < 1.29 is 28.9 Å². The van der Waals surface area contributed by atoms with Gasteiger partial charge in [-0.3, -0.25) is 4.79 Å². The summed E-state index contributed by atoms with van der Waals surface area (Å²) in [6.07, 6.45) is 1.78. The van der Waals surface area contributed by atoms with E-state index in [-0.39, 0.29) is 16.8 Å². The molecule has 0 aromatic heterocycles. The van der Waals surface area contributed by atoms with Crippen LogP contribution in [0.15, 0.2) is 60.7 Å².